The molecule has 7 nitrogen and oxygen atoms in total. The van der Waals surface area contributed by atoms with Gasteiger partial charge in [0.15, 0.2) is 0 Å². The number of aliphatic hydroxyl groups is 1. The fourth-order valence-electron chi connectivity index (χ4n) is 3.11. The summed E-state index contributed by atoms with van der Waals surface area (Å²) in [5, 5.41) is 16.6. The summed E-state index contributed by atoms with van der Waals surface area (Å²) in [5.74, 6) is 0.541. The Morgan fingerprint density at radius 1 is 1.32 bits per heavy atom. The minimum absolute atomic E-state index is 0.0150. The Bertz CT molecular complexity index is 661. The zero-order valence-corrected chi connectivity index (χ0v) is 14.5. The van der Waals surface area contributed by atoms with Crippen LogP contribution in [0, 0.1) is 5.92 Å². The van der Waals surface area contributed by atoms with E-state index >= 15 is 0 Å². The molecule has 1 fully saturated rings. The molecule has 0 aliphatic carbocycles. The average Bonchev–Trinajstić information content (AvgIpc) is 3.13. The number of benzene rings is 1. The largest absolute Gasteiger partial charge is 0.389 e. The fourth-order valence-corrected chi connectivity index (χ4v) is 3.11. The summed E-state index contributed by atoms with van der Waals surface area (Å²) in [6.45, 7) is 4.64. The van der Waals surface area contributed by atoms with E-state index in [1.54, 1.807) is 19.6 Å². The van der Waals surface area contributed by atoms with Gasteiger partial charge in [-0.25, -0.2) is 9.78 Å². The van der Waals surface area contributed by atoms with Crippen LogP contribution in [-0.2, 0) is 13.1 Å². The molecular formula is C18H25N5O2. The highest BCUT2D eigenvalue weighted by atomic mass is 16.3. The maximum atomic E-state index is 12.3. The summed E-state index contributed by atoms with van der Waals surface area (Å²) in [5.41, 5.74) is 1.91. The van der Waals surface area contributed by atoms with Crippen LogP contribution in [0.2, 0.25) is 0 Å². The summed E-state index contributed by atoms with van der Waals surface area (Å²) in [4.78, 5) is 18.2. The van der Waals surface area contributed by atoms with Crippen LogP contribution < -0.4 is 5.32 Å². The molecule has 1 aliphatic heterocycles. The van der Waals surface area contributed by atoms with E-state index in [1.165, 1.54) is 0 Å². The zero-order valence-electron chi connectivity index (χ0n) is 14.5. The highest BCUT2D eigenvalue weighted by molar-refractivity contribution is 5.74. The second-order valence-electron chi connectivity index (χ2n) is 6.62. The minimum Gasteiger partial charge on any atom is -0.389 e. The number of nitrogens with zero attached hydrogens (tertiary/aromatic N) is 4. The molecule has 1 aromatic heterocycles. The van der Waals surface area contributed by atoms with Crippen LogP contribution in [-0.4, -0.2) is 43.9 Å². The Hall–Kier alpha value is -2.41. The lowest BCUT2D eigenvalue weighted by Gasteiger charge is -2.31. The second kappa shape index (κ2) is 8.11. The van der Waals surface area contributed by atoms with Crippen LogP contribution in [0.5, 0.6) is 0 Å². The van der Waals surface area contributed by atoms with E-state index in [0.29, 0.717) is 12.5 Å². The van der Waals surface area contributed by atoms with Gasteiger partial charge >= 0.3 is 6.03 Å². The Kier molecular flexibility index (Phi) is 5.65. The summed E-state index contributed by atoms with van der Waals surface area (Å²) in [6, 6.07) is 7.64. The predicted molar refractivity (Wildman–Crippen MR) is 93.6 cm³/mol. The van der Waals surface area contributed by atoms with E-state index in [4.69, 9.17) is 0 Å². The van der Waals surface area contributed by atoms with Gasteiger partial charge < -0.3 is 15.3 Å². The molecule has 1 unspecified atom stereocenters. The number of carbonyl (C=O) groups is 1. The van der Waals surface area contributed by atoms with Crippen molar-refractivity contribution in [3.63, 3.8) is 0 Å². The van der Waals surface area contributed by atoms with Gasteiger partial charge in [-0.2, -0.15) is 5.10 Å². The number of hydrogen-bond donors (Lipinski definition) is 2. The lowest BCUT2D eigenvalue weighted by molar-refractivity contribution is 0.164. The van der Waals surface area contributed by atoms with Gasteiger partial charge in [-0.15, -0.1) is 0 Å². The molecule has 1 atom stereocenters. The van der Waals surface area contributed by atoms with Gasteiger partial charge in [0.05, 0.1) is 6.10 Å². The topological polar surface area (TPSA) is 83.3 Å². The Morgan fingerprint density at radius 3 is 2.64 bits per heavy atom. The van der Waals surface area contributed by atoms with E-state index < -0.39 is 6.10 Å². The van der Waals surface area contributed by atoms with Gasteiger partial charge in [-0.1, -0.05) is 24.3 Å². The number of piperidine rings is 1. The van der Waals surface area contributed by atoms with Crippen LogP contribution in [0.3, 0.4) is 0 Å². The number of likely N-dealkylation sites (tertiary alicyclic amines) is 1. The van der Waals surface area contributed by atoms with Crippen molar-refractivity contribution in [3.8, 4) is 0 Å². The second-order valence-corrected chi connectivity index (χ2v) is 6.62. The van der Waals surface area contributed by atoms with Gasteiger partial charge in [-0.3, -0.25) is 4.68 Å². The third-order valence-electron chi connectivity index (χ3n) is 4.72. The quantitative estimate of drug-likeness (QED) is 0.869. The monoisotopic (exact) mass is 343 g/mol. The first-order valence-corrected chi connectivity index (χ1v) is 8.74. The lowest BCUT2D eigenvalue weighted by Crippen LogP contribution is -2.44. The van der Waals surface area contributed by atoms with E-state index in [-0.39, 0.29) is 6.03 Å². The Balaban J connectivity index is 1.41. The lowest BCUT2D eigenvalue weighted by atomic mass is 9.97. The number of hydrogen-bond acceptors (Lipinski definition) is 4. The molecule has 7 heteroatoms. The first kappa shape index (κ1) is 17.4. The normalized spacial score (nSPS) is 16.6. The number of rotatable bonds is 5. The standard InChI is InChI=1S/C18H25N5O2/c1-14(24)17-4-2-15(3-5-17)10-20-18(25)22-8-6-16(7-9-22)11-23-13-19-12-21-23/h2-5,12-14,16,24H,6-11H2,1H3,(H,20,25). The molecule has 1 aromatic carbocycles. The molecule has 1 saturated heterocycles. The number of amides is 2. The van der Waals surface area contributed by atoms with E-state index in [2.05, 4.69) is 15.4 Å². The molecule has 1 aliphatic rings. The van der Waals surface area contributed by atoms with Crippen molar-refractivity contribution in [2.24, 2.45) is 5.92 Å². The van der Waals surface area contributed by atoms with E-state index in [9.17, 15) is 9.90 Å². The molecular weight excluding hydrogens is 318 g/mol. The van der Waals surface area contributed by atoms with Crippen molar-refractivity contribution >= 4 is 6.03 Å². The molecule has 0 bridgehead atoms. The van der Waals surface area contributed by atoms with Gasteiger partial charge in [0.1, 0.15) is 12.7 Å². The molecule has 2 heterocycles. The predicted octanol–water partition coefficient (Wildman–Crippen LogP) is 1.95. The maximum Gasteiger partial charge on any atom is 0.317 e. The van der Waals surface area contributed by atoms with Crippen LogP contribution in [0.15, 0.2) is 36.9 Å². The molecule has 2 aromatic rings. The molecule has 0 spiro atoms. The van der Waals surface area contributed by atoms with Crippen LogP contribution in [0.4, 0.5) is 4.79 Å². The van der Waals surface area contributed by atoms with Crippen LogP contribution >= 0.6 is 0 Å². The molecule has 134 valence electrons. The van der Waals surface area contributed by atoms with E-state index in [0.717, 1.165) is 43.6 Å². The summed E-state index contributed by atoms with van der Waals surface area (Å²) in [7, 11) is 0. The van der Waals surface area contributed by atoms with Crippen molar-refractivity contribution in [3.05, 3.63) is 48.0 Å². The first-order valence-electron chi connectivity index (χ1n) is 8.74. The van der Waals surface area contributed by atoms with Crippen molar-refractivity contribution in [1.29, 1.82) is 0 Å². The van der Waals surface area contributed by atoms with Gasteiger partial charge in [-0.05, 0) is 36.8 Å². The summed E-state index contributed by atoms with van der Waals surface area (Å²) in [6.07, 6.45) is 4.78. The third kappa shape index (κ3) is 4.79. The highest BCUT2D eigenvalue weighted by Crippen LogP contribution is 2.19. The van der Waals surface area contributed by atoms with Gasteiger partial charge in [0, 0.05) is 26.2 Å². The fraction of sp³-hybridized carbons (Fsp3) is 0.500. The molecule has 2 amide bonds. The Morgan fingerprint density at radius 2 is 2.04 bits per heavy atom. The Labute approximate surface area is 147 Å². The zero-order chi connectivity index (χ0) is 17.6. The minimum atomic E-state index is -0.470. The van der Waals surface area contributed by atoms with E-state index in [1.807, 2.05) is 33.8 Å². The summed E-state index contributed by atoms with van der Waals surface area (Å²) < 4.78 is 1.86. The number of carbonyl (C=O) groups excluding carboxylic acids is 1. The molecule has 2 N–H and O–H groups in total. The smallest absolute Gasteiger partial charge is 0.317 e. The first-order chi connectivity index (χ1) is 12.1. The summed E-state index contributed by atoms with van der Waals surface area (Å²) >= 11 is 0. The van der Waals surface area contributed by atoms with Gasteiger partial charge in [0.2, 0.25) is 0 Å². The number of urea groups is 1. The molecule has 0 radical (unpaired) electrons. The molecule has 3 rings (SSSR count). The van der Waals surface area contributed by atoms with Crippen molar-refractivity contribution in [2.75, 3.05) is 13.1 Å². The maximum absolute atomic E-state index is 12.3. The van der Waals surface area contributed by atoms with Gasteiger partial charge in [0.25, 0.3) is 0 Å². The van der Waals surface area contributed by atoms with Crippen molar-refractivity contribution < 1.29 is 9.90 Å². The number of nitrogens with one attached hydrogen (secondary N) is 1. The molecule has 0 saturated carbocycles. The van der Waals surface area contributed by atoms with Crippen LogP contribution in [0.25, 0.3) is 0 Å². The third-order valence-corrected chi connectivity index (χ3v) is 4.72. The van der Waals surface area contributed by atoms with Crippen molar-refractivity contribution in [2.45, 2.75) is 39.0 Å². The number of aromatic nitrogens is 3. The number of aliphatic hydroxyl groups excluding tert-OH is 1. The average molecular weight is 343 g/mol. The van der Waals surface area contributed by atoms with Crippen LogP contribution in [0.1, 0.15) is 37.0 Å². The SMILES string of the molecule is CC(O)c1ccc(CNC(=O)N2CCC(Cn3cncn3)CC2)cc1. The van der Waals surface area contributed by atoms with Crippen molar-refractivity contribution in [1.82, 2.24) is 25.0 Å². The molecule has 25 heavy (non-hydrogen) atoms. The highest BCUT2D eigenvalue weighted by Gasteiger charge is 2.23.